The lowest BCUT2D eigenvalue weighted by molar-refractivity contribution is 0.00401. The number of aromatic nitrogens is 3. The third kappa shape index (κ3) is 3.32. The average molecular weight is 342 g/mol. The molecule has 124 valence electrons. The normalized spacial score (nSPS) is 17.9. The van der Waals surface area contributed by atoms with E-state index in [9.17, 15) is 4.79 Å². The van der Waals surface area contributed by atoms with Gasteiger partial charge < -0.3 is 10.1 Å². The van der Waals surface area contributed by atoms with E-state index in [1.165, 1.54) is 17.8 Å². The fraction of sp³-hybridized carbons (Fsp3) is 0.353. The quantitative estimate of drug-likeness (QED) is 0.790. The van der Waals surface area contributed by atoms with E-state index in [0.29, 0.717) is 11.3 Å². The third-order valence-electron chi connectivity index (χ3n) is 4.15. The lowest BCUT2D eigenvalue weighted by Crippen LogP contribution is -2.24. The zero-order valence-electron chi connectivity index (χ0n) is 13.1. The Labute approximate surface area is 143 Å². The Balaban J connectivity index is 1.41. The van der Waals surface area contributed by atoms with Crippen LogP contribution in [-0.2, 0) is 11.3 Å². The monoisotopic (exact) mass is 342 g/mol. The van der Waals surface area contributed by atoms with E-state index in [4.69, 9.17) is 4.74 Å². The van der Waals surface area contributed by atoms with Gasteiger partial charge in [0.25, 0.3) is 5.91 Å². The minimum absolute atomic E-state index is 0.140. The molecule has 0 aliphatic carbocycles. The molecule has 1 N–H and O–H groups in total. The van der Waals surface area contributed by atoms with Gasteiger partial charge in [-0.05, 0) is 37.5 Å². The summed E-state index contributed by atoms with van der Waals surface area (Å²) >= 11 is 1.53. The van der Waals surface area contributed by atoms with E-state index in [0.717, 1.165) is 36.2 Å². The number of ether oxygens (including phenoxy) is 1. The largest absolute Gasteiger partial charge is 0.376 e. The van der Waals surface area contributed by atoms with Crippen molar-refractivity contribution in [1.82, 2.24) is 14.8 Å². The van der Waals surface area contributed by atoms with Crippen LogP contribution in [0.1, 0.15) is 29.6 Å². The van der Waals surface area contributed by atoms with Crippen molar-refractivity contribution in [3.05, 3.63) is 41.7 Å². The minimum Gasteiger partial charge on any atom is -0.376 e. The maximum Gasteiger partial charge on any atom is 0.255 e. The second kappa shape index (κ2) is 6.70. The van der Waals surface area contributed by atoms with Crippen LogP contribution in [0.4, 0.5) is 5.69 Å². The number of anilines is 1. The molecular weight excluding hydrogens is 324 g/mol. The molecule has 0 unspecified atom stereocenters. The van der Waals surface area contributed by atoms with Gasteiger partial charge in [0, 0.05) is 18.4 Å². The van der Waals surface area contributed by atoms with Crippen molar-refractivity contribution >= 4 is 33.1 Å². The molecule has 3 heterocycles. The van der Waals surface area contributed by atoms with E-state index in [2.05, 4.69) is 15.4 Å². The molecule has 0 bridgehead atoms. The number of carbonyl (C=O) groups is 1. The van der Waals surface area contributed by atoms with Crippen molar-refractivity contribution in [2.24, 2.45) is 0 Å². The number of thiazole rings is 1. The summed E-state index contributed by atoms with van der Waals surface area (Å²) in [5.74, 6) is -0.140. The summed E-state index contributed by atoms with van der Waals surface area (Å²) in [5, 5.41) is 7.21. The molecule has 1 aliphatic rings. The first-order chi connectivity index (χ1) is 11.8. The predicted molar refractivity (Wildman–Crippen MR) is 93.4 cm³/mol. The molecule has 24 heavy (non-hydrogen) atoms. The Morgan fingerprint density at radius 3 is 3.25 bits per heavy atom. The van der Waals surface area contributed by atoms with Crippen molar-refractivity contribution < 1.29 is 9.53 Å². The fourth-order valence-electron chi connectivity index (χ4n) is 2.89. The van der Waals surface area contributed by atoms with Crippen LogP contribution in [0.3, 0.4) is 0 Å². The molecule has 2 aromatic heterocycles. The first kappa shape index (κ1) is 15.3. The van der Waals surface area contributed by atoms with Crippen LogP contribution >= 0.6 is 11.3 Å². The van der Waals surface area contributed by atoms with Gasteiger partial charge in [-0.2, -0.15) is 5.10 Å². The summed E-state index contributed by atoms with van der Waals surface area (Å²) in [7, 11) is 0. The third-order valence-corrected chi connectivity index (χ3v) is 4.94. The van der Waals surface area contributed by atoms with E-state index in [-0.39, 0.29) is 12.0 Å². The fourth-order valence-corrected chi connectivity index (χ4v) is 3.60. The zero-order chi connectivity index (χ0) is 16.4. The number of hydrogen-bond donors (Lipinski definition) is 1. The Bertz CT molecular complexity index is 851. The number of rotatable bonds is 4. The molecule has 4 rings (SSSR count). The van der Waals surface area contributed by atoms with Gasteiger partial charge in [0.15, 0.2) is 0 Å². The first-order valence-corrected chi connectivity index (χ1v) is 8.94. The SMILES string of the molecule is O=C(Nc1cnn(C[C@H]2CCCCO2)c1)c1ccc2ncsc2c1. The van der Waals surface area contributed by atoms with E-state index < -0.39 is 0 Å². The molecule has 1 fully saturated rings. The lowest BCUT2D eigenvalue weighted by atomic mass is 10.1. The van der Waals surface area contributed by atoms with Crippen LogP contribution in [0, 0.1) is 0 Å². The number of hydrogen-bond acceptors (Lipinski definition) is 5. The number of nitrogens with one attached hydrogen (secondary N) is 1. The van der Waals surface area contributed by atoms with Crippen LogP contribution in [-0.4, -0.2) is 33.4 Å². The molecule has 1 aliphatic heterocycles. The first-order valence-electron chi connectivity index (χ1n) is 8.06. The van der Waals surface area contributed by atoms with Crippen LogP contribution in [0.2, 0.25) is 0 Å². The Hall–Kier alpha value is -2.25. The maximum absolute atomic E-state index is 12.4. The Kier molecular flexibility index (Phi) is 4.27. The molecule has 1 atom stereocenters. The molecule has 0 saturated carbocycles. The van der Waals surface area contributed by atoms with Gasteiger partial charge >= 0.3 is 0 Å². The summed E-state index contributed by atoms with van der Waals surface area (Å²) in [4.78, 5) is 16.6. The number of carbonyl (C=O) groups excluding carboxylic acids is 1. The van der Waals surface area contributed by atoms with Crippen LogP contribution in [0.5, 0.6) is 0 Å². The molecule has 6 nitrogen and oxygen atoms in total. The number of fused-ring (bicyclic) bond motifs is 1. The highest BCUT2D eigenvalue weighted by atomic mass is 32.1. The molecule has 1 aromatic carbocycles. The van der Waals surface area contributed by atoms with Crippen molar-refractivity contribution in [2.75, 3.05) is 11.9 Å². The van der Waals surface area contributed by atoms with Crippen LogP contribution in [0.15, 0.2) is 36.1 Å². The van der Waals surface area contributed by atoms with Crippen molar-refractivity contribution in [3.8, 4) is 0 Å². The van der Waals surface area contributed by atoms with Gasteiger partial charge in [0.1, 0.15) is 0 Å². The van der Waals surface area contributed by atoms with Crippen molar-refractivity contribution in [1.29, 1.82) is 0 Å². The average Bonchev–Trinajstić information content (AvgIpc) is 3.24. The highest BCUT2D eigenvalue weighted by molar-refractivity contribution is 7.16. The van der Waals surface area contributed by atoms with Crippen LogP contribution in [0.25, 0.3) is 10.2 Å². The highest BCUT2D eigenvalue weighted by Gasteiger charge is 2.15. The van der Waals surface area contributed by atoms with Gasteiger partial charge in [0.05, 0.1) is 40.3 Å². The molecular formula is C17H18N4O2S. The smallest absolute Gasteiger partial charge is 0.255 e. The van der Waals surface area contributed by atoms with Gasteiger partial charge in [-0.1, -0.05) is 0 Å². The summed E-state index contributed by atoms with van der Waals surface area (Å²) < 4.78 is 8.56. The Morgan fingerprint density at radius 1 is 1.42 bits per heavy atom. The van der Waals surface area contributed by atoms with Gasteiger partial charge in [0.2, 0.25) is 0 Å². The zero-order valence-corrected chi connectivity index (χ0v) is 14.0. The lowest BCUT2D eigenvalue weighted by Gasteiger charge is -2.22. The number of nitrogens with zero attached hydrogens (tertiary/aromatic N) is 3. The summed E-state index contributed by atoms with van der Waals surface area (Å²) in [6.07, 6.45) is 7.15. The number of benzene rings is 1. The second-order valence-corrected chi connectivity index (χ2v) is 6.81. The summed E-state index contributed by atoms with van der Waals surface area (Å²) in [5.41, 5.74) is 4.01. The molecule has 0 radical (unpaired) electrons. The van der Waals surface area contributed by atoms with Gasteiger partial charge in [-0.15, -0.1) is 11.3 Å². The van der Waals surface area contributed by atoms with Crippen molar-refractivity contribution in [3.63, 3.8) is 0 Å². The molecule has 3 aromatic rings. The van der Waals surface area contributed by atoms with Crippen molar-refractivity contribution in [2.45, 2.75) is 31.9 Å². The predicted octanol–water partition coefficient (Wildman–Crippen LogP) is 3.31. The van der Waals surface area contributed by atoms with Gasteiger partial charge in [-0.25, -0.2) is 4.98 Å². The minimum atomic E-state index is -0.140. The van der Waals surface area contributed by atoms with Crippen LogP contribution < -0.4 is 5.32 Å². The highest BCUT2D eigenvalue weighted by Crippen LogP contribution is 2.20. The van der Waals surface area contributed by atoms with E-state index in [1.54, 1.807) is 17.8 Å². The van der Waals surface area contributed by atoms with E-state index >= 15 is 0 Å². The molecule has 1 saturated heterocycles. The maximum atomic E-state index is 12.4. The standard InChI is InChI=1S/C17H18N4O2S/c22-17(12-4-5-15-16(7-12)24-11-18-15)20-13-8-19-21(9-13)10-14-3-1-2-6-23-14/h4-5,7-9,11,14H,1-3,6,10H2,(H,20,22)/t14-/m1/s1. The number of amides is 1. The summed E-state index contributed by atoms with van der Waals surface area (Å²) in [6, 6.07) is 5.52. The topological polar surface area (TPSA) is 69.0 Å². The molecule has 1 amide bonds. The summed E-state index contributed by atoms with van der Waals surface area (Å²) in [6.45, 7) is 1.55. The second-order valence-electron chi connectivity index (χ2n) is 5.93. The Morgan fingerprint density at radius 2 is 2.38 bits per heavy atom. The van der Waals surface area contributed by atoms with Gasteiger partial charge in [-0.3, -0.25) is 9.48 Å². The molecule has 7 heteroatoms. The van der Waals surface area contributed by atoms with E-state index in [1.807, 2.05) is 23.0 Å². The molecule has 0 spiro atoms.